The molecule has 34 heavy (non-hydrogen) atoms. The molecule has 1 saturated heterocycles. The van der Waals surface area contributed by atoms with Crippen LogP contribution in [0.2, 0.25) is 0 Å². The van der Waals surface area contributed by atoms with E-state index in [0.29, 0.717) is 31.0 Å². The normalized spacial score (nSPS) is 13.7. The zero-order valence-electron chi connectivity index (χ0n) is 19.9. The fourth-order valence-corrected chi connectivity index (χ4v) is 4.27. The molecule has 2 aromatic carbocycles. The standard InChI is InChI=1S/C27H32N4O3/c1-3-4-5-10-26(32)28-20-11-13-21(14-12-20)30-15-17-31(18-16-30)27(33)24-19-25(34-2)22-8-6-7-9-23(22)29-24/h6-9,11-14,19H,3-5,10,15-18H2,1-2H3,(H,28,32). The number of ether oxygens (including phenoxy) is 1. The van der Waals surface area contributed by atoms with Crippen molar-refractivity contribution in [3.63, 3.8) is 0 Å². The summed E-state index contributed by atoms with van der Waals surface area (Å²) in [5, 5.41) is 3.86. The average molecular weight is 461 g/mol. The van der Waals surface area contributed by atoms with Crippen molar-refractivity contribution in [1.82, 2.24) is 9.88 Å². The molecule has 2 amide bonds. The number of unbranched alkanes of at least 4 members (excludes halogenated alkanes) is 2. The van der Waals surface area contributed by atoms with Crippen LogP contribution < -0.4 is 15.0 Å². The molecular formula is C27H32N4O3. The number of carbonyl (C=O) groups excluding carboxylic acids is 2. The van der Waals surface area contributed by atoms with Crippen molar-refractivity contribution in [3.8, 4) is 5.75 Å². The number of fused-ring (bicyclic) bond motifs is 1. The van der Waals surface area contributed by atoms with Gasteiger partial charge >= 0.3 is 0 Å². The second-order valence-corrected chi connectivity index (χ2v) is 8.56. The number of piperazine rings is 1. The summed E-state index contributed by atoms with van der Waals surface area (Å²) in [5.74, 6) is 0.641. The predicted octanol–water partition coefficient (Wildman–Crippen LogP) is 4.72. The third kappa shape index (κ3) is 5.47. The predicted molar refractivity (Wildman–Crippen MR) is 136 cm³/mol. The van der Waals surface area contributed by atoms with Crippen LogP contribution in [0.1, 0.15) is 43.1 Å². The summed E-state index contributed by atoms with van der Waals surface area (Å²) in [4.78, 5) is 33.9. The molecule has 1 aromatic heterocycles. The first-order valence-corrected chi connectivity index (χ1v) is 12.0. The number of hydrogen-bond acceptors (Lipinski definition) is 5. The van der Waals surface area contributed by atoms with Crippen molar-refractivity contribution >= 4 is 34.1 Å². The Kier molecular flexibility index (Phi) is 7.62. The summed E-state index contributed by atoms with van der Waals surface area (Å²) in [5.41, 5.74) is 3.06. The first-order valence-electron chi connectivity index (χ1n) is 12.0. The molecule has 1 fully saturated rings. The highest BCUT2D eigenvalue weighted by Gasteiger charge is 2.24. The summed E-state index contributed by atoms with van der Waals surface area (Å²) in [7, 11) is 1.61. The second-order valence-electron chi connectivity index (χ2n) is 8.56. The van der Waals surface area contributed by atoms with Crippen molar-refractivity contribution in [2.24, 2.45) is 0 Å². The molecule has 0 saturated carbocycles. The molecule has 178 valence electrons. The van der Waals surface area contributed by atoms with E-state index in [9.17, 15) is 9.59 Å². The Morgan fingerprint density at radius 3 is 2.44 bits per heavy atom. The van der Waals surface area contributed by atoms with Crippen LogP contribution >= 0.6 is 0 Å². The average Bonchev–Trinajstić information content (AvgIpc) is 2.88. The first-order chi connectivity index (χ1) is 16.6. The van der Waals surface area contributed by atoms with Crippen molar-refractivity contribution < 1.29 is 14.3 Å². The van der Waals surface area contributed by atoms with E-state index in [1.807, 2.05) is 53.4 Å². The fourth-order valence-electron chi connectivity index (χ4n) is 4.27. The van der Waals surface area contributed by atoms with E-state index in [-0.39, 0.29) is 11.8 Å². The first kappa shape index (κ1) is 23.5. The van der Waals surface area contributed by atoms with Crippen LogP contribution in [0.25, 0.3) is 10.9 Å². The smallest absolute Gasteiger partial charge is 0.272 e. The Labute approximate surface area is 200 Å². The lowest BCUT2D eigenvalue weighted by atomic mass is 10.1. The zero-order chi connectivity index (χ0) is 23.9. The summed E-state index contributed by atoms with van der Waals surface area (Å²) in [6, 6.07) is 17.3. The van der Waals surface area contributed by atoms with Gasteiger partial charge in [-0.25, -0.2) is 4.98 Å². The highest BCUT2D eigenvalue weighted by atomic mass is 16.5. The largest absolute Gasteiger partial charge is 0.496 e. The molecule has 7 heteroatoms. The number of rotatable bonds is 8. The third-order valence-electron chi connectivity index (χ3n) is 6.21. The number of hydrogen-bond donors (Lipinski definition) is 1. The van der Waals surface area contributed by atoms with Gasteiger partial charge in [-0.2, -0.15) is 0 Å². The number of pyridine rings is 1. The molecule has 0 atom stereocenters. The number of nitrogens with one attached hydrogen (secondary N) is 1. The van der Waals surface area contributed by atoms with E-state index in [1.54, 1.807) is 13.2 Å². The molecule has 2 heterocycles. The van der Waals surface area contributed by atoms with Gasteiger partial charge in [0, 0.05) is 55.4 Å². The van der Waals surface area contributed by atoms with Crippen LogP contribution in [-0.2, 0) is 4.79 Å². The van der Waals surface area contributed by atoms with Crippen LogP contribution in [0, 0.1) is 0 Å². The molecule has 0 aliphatic carbocycles. The number of nitrogens with zero attached hydrogens (tertiary/aromatic N) is 3. The van der Waals surface area contributed by atoms with Gasteiger partial charge in [-0.05, 0) is 42.8 Å². The zero-order valence-corrected chi connectivity index (χ0v) is 19.9. The minimum absolute atomic E-state index is 0.0623. The Bertz CT molecular complexity index is 1140. The van der Waals surface area contributed by atoms with Gasteiger partial charge in [0.2, 0.25) is 5.91 Å². The topological polar surface area (TPSA) is 74.8 Å². The highest BCUT2D eigenvalue weighted by molar-refractivity contribution is 5.97. The molecule has 0 spiro atoms. The lowest BCUT2D eigenvalue weighted by Gasteiger charge is -2.36. The number of carbonyl (C=O) groups is 2. The molecule has 4 rings (SSSR count). The van der Waals surface area contributed by atoms with Gasteiger partial charge in [-0.1, -0.05) is 31.9 Å². The van der Waals surface area contributed by atoms with Crippen molar-refractivity contribution in [1.29, 1.82) is 0 Å². The molecule has 1 N–H and O–H groups in total. The van der Waals surface area contributed by atoms with Gasteiger partial charge < -0.3 is 19.9 Å². The van der Waals surface area contributed by atoms with E-state index < -0.39 is 0 Å². The number of anilines is 2. The summed E-state index contributed by atoms with van der Waals surface area (Å²) < 4.78 is 5.49. The van der Waals surface area contributed by atoms with Gasteiger partial charge in [-0.15, -0.1) is 0 Å². The molecule has 3 aromatic rings. The van der Waals surface area contributed by atoms with E-state index in [4.69, 9.17) is 4.74 Å². The highest BCUT2D eigenvalue weighted by Crippen LogP contribution is 2.26. The van der Waals surface area contributed by atoms with Crippen molar-refractivity contribution in [2.75, 3.05) is 43.5 Å². The lowest BCUT2D eigenvalue weighted by Crippen LogP contribution is -2.49. The van der Waals surface area contributed by atoms with Crippen LogP contribution in [-0.4, -0.2) is 55.0 Å². The van der Waals surface area contributed by atoms with E-state index in [0.717, 1.165) is 54.6 Å². The minimum Gasteiger partial charge on any atom is -0.496 e. The molecule has 0 bridgehead atoms. The third-order valence-corrected chi connectivity index (χ3v) is 6.21. The van der Waals surface area contributed by atoms with Crippen LogP contribution in [0.3, 0.4) is 0 Å². The molecule has 1 aliphatic heterocycles. The lowest BCUT2D eigenvalue weighted by molar-refractivity contribution is -0.116. The van der Waals surface area contributed by atoms with Gasteiger partial charge in [-0.3, -0.25) is 9.59 Å². The van der Waals surface area contributed by atoms with Crippen LogP contribution in [0.5, 0.6) is 5.75 Å². The molecule has 7 nitrogen and oxygen atoms in total. The van der Waals surface area contributed by atoms with E-state index in [1.165, 1.54) is 0 Å². The molecule has 1 aliphatic rings. The number of methoxy groups -OCH3 is 1. The number of para-hydroxylation sites is 1. The van der Waals surface area contributed by atoms with Gasteiger partial charge in [0.05, 0.1) is 12.6 Å². The maximum absolute atomic E-state index is 13.1. The Balaban J connectivity index is 1.35. The second kappa shape index (κ2) is 11.0. The molecule has 0 radical (unpaired) electrons. The number of benzene rings is 2. The molecular weight excluding hydrogens is 428 g/mol. The van der Waals surface area contributed by atoms with E-state index >= 15 is 0 Å². The SMILES string of the molecule is CCCCCC(=O)Nc1ccc(N2CCN(C(=O)c3cc(OC)c4ccccc4n3)CC2)cc1. The van der Waals surface area contributed by atoms with Crippen LogP contribution in [0.4, 0.5) is 11.4 Å². The monoisotopic (exact) mass is 460 g/mol. The molecule has 0 unspecified atom stereocenters. The maximum atomic E-state index is 13.1. The fraction of sp³-hybridized carbons (Fsp3) is 0.370. The van der Waals surface area contributed by atoms with Crippen molar-refractivity contribution in [2.45, 2.75) is 32.6 Å². The number of amides is 2. The summed E-state index contributed by atoms with van der Waals surface area (Å²) >= 11 is 0. The Hall–Kier alpha value is -3.61. The van der Waals surface area contributed by atoms with Crippen molar-refractivity contribution in [3.05, 3.63) is 60.3 Å². The number of aromatic nitrogens is 1. The summed E-state index contributed by atoms with van der Waals surface area (Å²) in [6.07, 6.45) is 3.66. The minimum atomic E-state index is -0.0789. The van der Waals surface area contributed by atoms with Gasteiger partial charge in [0.1, 0.15) is 11.4 Å². The van der Waals surface area contributed by atoms with Gasteiger partial charge in [0.25, 0.3) is 5.91 Å². The Morgan fingerprint density at radius 2 is 1.74 bits per heavy atom. The Morgan fingerprint density at radius 1 is 1.00 bits per heavy atom. The van der Waals surface area contributed by atoms with E-state index in [2.05, 4.69) is 22.1 Å². The maximum Gasteiger partial charge on any atom is 0.272 e. The summed E-state index contributed by atoms with van der Waals surface area (Å²) in [6.45, 7) is 4.83. The van der Waals surface area contributed by atoms with Gasteiger partial charge in [0.15, 0.2) is 0 Å². The van der Waals surface area contributed by atoms with Crippen LogP contribution in [0.15, 0.2) is 54.6 Å². The quantitative estimate of drug-likeness (QED) is 0.492.